The second kappa shape index (κ2) is 6.70. The topological polar surface area (TPSA) is 102 Å². The number of benzene rings is 1. The SMILES string of the molecule is COc1cc2nc(N3CCC(c4ccn[nH]4)CC3)nc(N)c2cc1OC. The zero-order valence-corrected chi connectivity index (χ0v) is 14.9. The van der Waals surface area contributed by atoms with Crippen molar-refractivity contribution in [1.82, 2.24) is 20.2 Å². The first-order chi connectivity index (χ1) is 12.7. The van der Waals surface area contributed by atoms with Crippen LogP contribution in [0.25, 0.3) is 10.9 Å². The van der Waals surface area contributed by atoms with Crippen LogP contribution in [0, 0.1) is 0 Å². The zero-order chi connectivity index (χ0) is 18.1. The largest absolute Gasteiger partial charge is 0.493 e. The normalized spacial score (nSPS) is 15.4. The molecule has 2 aromatic heterocycles. The van der Waals surface area contributed by atoms with Crippen LogP contribution in [0.1, 0.15) is 24.5 Å². The maximum atomic E-state index is 6.20. The van der Waals surface area contributed by atoms with E-state index in [1.165, 1.54) is 5.69 Å². The number of nitrogens with one attached hydrogen (secondary N) is 1. The van der Waals surface area contributed by atoms with Gasteiger partial charge in [-0.05, 0) is 25.0 Å². The number of aromatic amines is 1. The molecule has 0 spiro atoms. The van der Waals surface area contributed by atoms with Gasteiger partial charge in [0.25, 0.3) is 0 Å². The van der Waals surface area contributed by atoms with Crippen molar-refractivity contribution < 1.29 is 9.47 Å². The van der Waals surface area contributed by atoms with Crippen LogP contribution in [0.2, 0.25) is 0 Å². The average molecular weight is 354 g/mol. The first-order valence-corrected chi connectivity index (χ1v) is 8.63. The number of methoxy groups -OCH3 is 2. The van der Waals surface area contributed by atoms with Gasteiger partial charge in [0.1, 0.15) is 5.82 Å². The second-order valence-electron chi connectivity index (χ2n) is 6.41. The first kappa shape index (κ1) is 16.4. The molecule has 4 rings (SSSR count). The number of H-pyrrole nitrogens is 1. The van der Waals surface area contributed by atoms with Gasteiger partial charge in [0.15, 0.2) is 11.5 Å². The molecule has 0 saturated carbocycles. The quantitative estimate of drug-likeness (QED) is 0.741. The first-order valence-electron chi connectivity index (χ1n) is 8.63. The van der Waals surface area contributed by atoms with Gasteiger partial charge in [-0.25, -0.2) is 4.98 Å². The van der Waals surface area contributed by atoms with Crippen LogP contribution in [-0.4, -0.2) is 47.5 Å². The molecule has 1 saturated heterocycles. The van der Waals surface area contributed by atoms with Gasteiger partial charge in [-0.1, -0.05) is 0 Å². The molecule has 0 bridgehead atoms. The molecule has 3 aromatic rings. The van der Waals surface area contributed by atoms with E-state index in [-0.39, 0.29) is 0 Å². The van der Waals surface area contributed by atoms with E-state index in [1.807, 2.05) is 18.2 Å². The number of nitrogen functional groups attached to an aromatic ring is 1. The molecule has 0 aliphatic carbocycles. The van der Waals surface area contributed by atoms with Crippen LogP contribution < -0.4 is 20.1 Å². The lowest BCUT2D eigenvalue weighted by Crippen LogP contribution is -2.34. The predicted octanol–water partition coefficient (Wildman–Crippen LogP) is 2.34. The Bertz CT molecular complexity index is 904. The lowest BCUT2D eigenvalue weighted by atomic mass is 9.94. The standard InChI is InChI=1S/C18H22N6O2/c1-25-15-9-12-14(10-16(15)26-2)21-18(22-17(12)19)24-7-4-11(5-8-24)13-3-6-20-23-13/h3,6,9-11H,4-5,7-8H2,1-2H3,(H,20,23)(H2,19,21,22). The highest BCUT2D eigenvalue weighted by Crippen LogP contribution is 2.35. The summed E-state index contributed by atoms with van der Waals surface area (Å²) in [5, 5.41) is 7.88. The Hall–Kier alpha value is -3.03. The van der Waals surface area contributed by atoms with Gasteiger partial charge in [-0.15, -0.1) is 0 Å². The molecule has 3 heterocycles. The summed E-state index contributed by atoms with van der Waals surface area (Å²) >= 11 is 0. The minimum Gasteiger partial charge on any atom is -0.493 e. The number of anilines is 2. The van der Waals surface area contributed by atoms with Crippen molar-refractivity contribution in [3.05, 3.63) is 30.1 Å². The maximum absolute atomic E-state index is 6.20. The highest BCUT2D eigenvalue weighted by molar-refractivity contribution is 5.91. The number of rotatable bonds is 4. The Labute approximate surface area is 151 Å². The predicted molar refractivity (Wildman–Crippen MR) is 99.8 cm³/mol. The lowest BCUT2D eigenvalue weighted by molar-refractivity contribution is 0.356. The molecular weight excluding hydrogens is 332 g/mol. The number of aromatic nitrogens is 4. The summed E-state index contributed by atoms with van der Waals surface area (Å²) in [6, 6.07) is 5.70. The van der Waals surface area contributed by atoms with E-state index in [1.54, 1.807) is 20.4 Å². The Morgan fingerprint density at radius 3 is 2.50 bits per heavy atom. The third kappa shape index (κ3) is 2.87. The number of hydrogen-bond acceptors (Lipinski definition) is 7. The van der Waals surface area contributed by atoms with E-state index in [9.17, 15) is 0 Å². The molecule has 0 radical (unpaired) electrons. The molecule has 0 amide bonds. The van der Waals surface area contributed by atoms with Crippen molar-refractivity contribution >= 4 is 22.7 Å². The van der Waals surface area contributed by atoms with Gasteiger partial charge in [0.05, 0.1) is 19.7 Å². The van der Waals surface area contributed by atoms with Crippen molar-refractivity contribution in [2.24, 2.45) is 0 Å². The molecule has 1 aliphatic heterocycles. The van der Waals surface area contributed by atoms with E-state index >= 15 is 0 Å². The fraction of sp³-hybridized carbons (Fsp3) is 0.389. The number of nitrogens with two attached hydrogens (primary N) is 1. The fourth-order valence-electron chi connectivity index (χ4n) is 3.49. The van der Waals surface area contributed by atoms with Crippen molar-refractivity contribution in [3.8, 4) is 11.5 Å². The molecule has 1 fully saturated rings. The van der Waals surface area contributed by atoms with Crippen LogP contribution in [0.3, 0.4) is 0 Å². The Morgan fingerprint density at radius 1 is 1.12 bits per heavy atom. The summed E-state index contributed by atoms with van der Waals surface area (Å²) < 4.78 is 10.7. The summed E-state index contributed by atoms with van der Waals surface area (Å²) in [6.45, 7) is 1.75. The Kier molecular flexibility index (Phi) is 4.24. The van der Waals surface area contributed by atoms with Crippen LogP contribution >= 0.6 is 0 Å². The second-order valence-corrected chi connectivity index (χ2v) is 6.41. The summed E-state index contributed by atoms with van der Waals surface area (Å²) in [4.78, 5) is 11.4. The third-order valence-corrected chi connectivity index (χ3v) is 4.96. The van der Waals surface area contributed by atoms with Crippen molar-refractivity contribution in [2.75, 3.05) is 37.9 Å². The van der Waals surface area contributed by atoms with Crippen LogP contribution in [0.5, 0.6) is 11.5 Å². The minimum absolute atomic E-state index is 0.446. The average Bonchev–Trinajstić information content (AvgIpc) is 3.22. The molecule has 0 atom stereocenters. The van der Waals surface area contributed by atoms with Gasteiger partial charge in [0, 0.05) is 42.4 Å². The fourth-order valence-corrected chi connectivity index (χ4v) is 3.49. The van der Waals surface area contributed by atoms with Gasteiger partial charge >= 0.3 is 0 Å². The van der Waals surface area contributed by atoms with E-state index in [2.05, 4.69) is 20.1 Å². The molecule has 0 unspecified atom stereocenters. The highest BCUT2D eigenvalue weighted by Gasteiger charge is 2.24. The van der Waals surface area contributed by atoms with Gasteiger partial charge in [-0.2, -0.15) is 10.1 Å². The van der Waals surface area contributed by atoms with Crippen LogP contribution in [0.15, 0.2) is 24.4 Å². The lowest BCUT2D eigenvalue weighted by Gasteiger charge is -2.31. The molecule has 136 valence electrons. The number of piperidine rings is 1. The highest BCUT2D eigenvalue weighted by atomic mass is 16.5. The zero-order valence-electron chi connectivity index (χ0n) is 14.9. The van der Waals surface area contributed by atoms with Crippen molar-refractivity contribution in [2.45, 2.75) is 18.8 Å². The Morgan fingerprint density at radius 2 is 1.85 bits per heavy atom. The van der Waals surface area contributed by atoms with Gasteiger partial charge < -0.3 is 20.1 Å². The molecule has 8 heteroatoms. The van der Waals surface area contributed by atoms with E-state index < -0.39 is 0 Å². The number of fused-ring (bicyclic) bond motifs is 1. The maximum Gasteiger partial charge on any atom is 0.227 e. The van der Waals surface area contributed by atoms with Crippen molar-refractivity contribution in [1.29, 1.82) is 0 Å². The summed E-state index contributed by atoms with van der Waals surface area (Å²) in [6.07, 6.45) is 3.85. The summed E-state index contributed by atoms with van der Waals surface area (Å²) in [5.74, 6) is 2.84. The molecule has 26 heavy (non-hydrogen) atoms. The van der Waals surface area contributed by atoms with E-state index in [4.69, 9.17) is 20.2 Å². The van der Waals surface area contributed by atoms with Crippen LogP contribution in [-0.2, 0) is 0 Å². The minimum atomic E-state index is 0.446. The smallest absolute Gasteiger partial charge is 0.227 e. The molecule has 3 N–H and O–H groups in total. The molecule has 1 aromatic carbocycles. The van der Waals surface area contributed by atoms with Crippen molar-refractivity contribution in [3.63, 3.8) is 0 Å². The van der Waals surface area contributed by atoms with Crippen LogP contribution in [0.4, 0.5) is 11.8 Å². The van der Waals surface area contributed by atoms with Gasteiger partial charge in [-0.3, -0.25) is 5.10 Å². The van der Waals surface area contributed by atoms with Gasteiger partial charge in [0.2, 0.25) is 5.95 Å². The molecule has 1 aliphatic rings. The molecular formula is C18H22N6O2. The Balaban J connectivity index is 1.61. The summed E-state index contributed by atoms with van der Waals surface area (Å²) in [5.41, 5.74) is 8.14. The van der Waals surface area contributed by atoms with E-state index in [0.29, 0.717) is 29.2 Å². The third-order valence-electron chi connectivity index (χ3n) is 4.96. The monoisotopic (exact) mass is 354 g/mol. The number of hydrogen-bond donors (Lipinski definition) is 2. The number of ether oxygens (including phenoxy) is 2. The van der Waals surface area contributed by atoms with E-state index in [0.717, 1.165) is 36.8 Å². The summed E-state index contributed by atoms with van der Waals surface area (Å²) in [7, 11) is 3.20. The number of nitrogens with zero attached hydrogens (tertiary/aromatic N) is 4. The molecule has 8 nitrogen and oxygen atoms in total.